The minimum atomic E-state index is -1.30. The normalized spacial score (nSPS) is 12.3. The van der Waals surface area contributed by atoms with Gasteiger partial charge in [0, 0.05) is 12.2 Å². The number of aliphatic carboxylic acids is 2. The second kappa shape index (κ2) is 9.14. The molecule has 0 rings (SSSR count). The highest BCUT2D eigenvalue weighted by atomic mass is 16.7. The minimum absolute atomic E-state index is 0.252. The smallest absolute Gasteiger partial charge is 0.349 e. The zero-order valence-corrected chi connectivity index (χ0v) is 9.67. The number of carboxylic acid groups (broad SMARTS) is 2. The first kappa shape index (κ1) is 16.1. The molecule has 0 aliphatic heterocycles. The SMILES string of the molecule is NCCCC[C@H](NOC(=O)/C=C\C(=O)O)C(=O)O. The van der Waals surface area contributed by atoms with Crippen molar-refractivity contribution in [1.29, 1.82) is 0 Å². The van der Waals surface area contributed by atoms with Crippen molar-refractivity contribution in [2.45, 2.75) is 25.3 Å². The van der Waals surface area contributed by atoms with Crippen molar-refractivity contribution in [3.8, 4) is 0 Å². The van der Waals surface area contributed by atoms with Crippen molar-refractivity contribution in [1.82, 2.24) is 5.48 Å². The summed E-state index contributed by atoms with van der Waals surface area (Å²) in [5, 5.41) is 17.1. The van der Waals surface area contributed by atoms with Gasteiger partial charge in [-0.15, -0.1) is 5.48 Å². The van der Waals surface area contributed by atoms with Gasteiger partial charge >= 0.3 is 17.9 Å². The van der Waals surface area contributed by atoms with Crippen molar-refractivity contribution >= 4 is 17.9 Å². The first-order valence-corrected chi connectivity index (χ1v) is 5.27. The van der Waals surface area contributed by atoms with Crippen molar-refractivity contribution in [3.63, 3.8) is 0 Å². The van der Waals surface area contributed by atoms with E-state index in [4.69, 9.17) is 15.9 Å². The van der Waals surface area contributed by atoms with E-state index in [9.17, 15) is 14.4 Å². The molecule has 0 unspecified atom stereocenters. The van der Waals surface area contributed by atoms with E-state index in [1.165, 1.54) is 0 Å². The van der Waals surface area contributed by atoms with Crippen molar-refractivity contribution in [2.75, 3.05) is 6.54 Å². The van der Waals surface area contributed by atoms with Gasteiger partial charge in [-0.25, -0.2) is 9.59 Å². The highest BCUT2D eigenvalue weighted by molar-refractivity contribution is 5.90. The highest BCUT2D eigenvalue weighted by Gasteiger charge is 2.18. The fraction of sp³-hybridized carbons (Fsp3) is 0.500. The molecule has 0 aliphatic rings. The van der Waals surface area contributed by atoms with Gasteiger partial charge in [0.15, 0.2) is 0 Å². The van der Waals surface area contributed by atoms with E-state index in [2.05, 4.69) is 10.3 Å². The molecule has 0 bridgehead atoms. The Morgan fingerprint density at radius 2 is 1.89 bits per heavy atom. The third-order valence-corrected chi connectivity index (χ3v) is 1.91. The van der Waals surface area contributed by atoms with Crippen LogP contribution in [0, 0.1) is 0 Å². The van der Waals surface area contributed by atoms with Crippen LogP contribution >= 0.6 is 0 Å². The molecule has 102 valence electrons. The molecule has 0 aromatic rings. The van der Waals surface area contributed by atoms with Crippen LogP contribution in [0.4, 0.5) is 0 Å². The van der Waals surface area contributed by atoms with Gasteiger partial charge in [0.1, 0.15) is 6.04 Å². The predicted octanol–water partition coefficient (Wildman–Crippen LogP) is -0.743. The molecule has 0 aromatic heterocycles. The summed E-state index contributed by atoms with van der Waals surface area (Å²) < 4.78 is 0. The van der Waals surface area contributed by atoms with E-state index < -0.39 is 23.9 Å². The number of nitrogens with two attached hydrogens (primary N) is 1. The van der Waals surface area contributed by atoms with Gasteiger partial charge in [-0.05, 0) is 25.8 Å². The van der Waals surface area contributed by atoms with Crippen LogP contribution in [-0.2, 0) is 19.2 Å². The minimum Gasteiger partial charge on any atom is -0.480 e. The molecule has 0 aromatic carbocycles. The number of carbonyl (C=O) groups excluding carboxylic acids is 1. The predicted molar refractivity (Wildman–Crippen MR) is 60.3 cm³/mol. The summed E-state index contributed by atoms with van der Waals surface area (Å²) in [5.74, 6) is -3.45. The third-order valence-electron chi connectivity index (χ3n) is 1.91. The Morgan fingerprint density at radius 1 is 1.22 bits per heavy atom. The lowest BCUT2D eigenvalue weighted by Crippen LogP contribution is -2.38. The summed E-state index contributed by atoms with van der Waals surface area (Å²) in [6.07, 6.45) is 2.76. The second-order valence-corrected chi connectivity index (χ2v) is 3.39. The van der Waals surface area contributed by atoms with Crippen LogP contribution in [0.5, 0.6) is 0 Å². The second-order valence-electron chi connectivity index (χ2n) is 3.39. The van der Waals surface area contributed by atoms with Crippen LogP contribution in [0.1, 0.15) is 19.3 Å². The zero-order chi connectivity index (χ0) is 14.0. The van der Waals surface area contributed by atoms with Crippen LogP contribution in [0.3, 0.4) is 0 Å². The lowest BCUT2D eigenvalue weighted by molar-refractivity contribution is -0.154. The van der Waals surface area contributed by atoms with Crippen molar-refractivity contribution in [3.05, 3.63) is 12.2 Å². The first-order valence-electron chi connectivity index (χ1n) is 5.27. The number of rotatable bonds is 9. The molecule has 5 N–H and O–H groups in total. The quantitative estimate of drug-likeness (QED) is 0.241. The van der Waals surface area contributed by atoms with Crippen molar-refractivity contribution in [2.24, 2.45) is 5.73 Å². The van der Waals surface area contributed by atoms with Gasteiger partial charge in [0.05, 0.1) is 0 Å². The Morgan fingerprint density at radius 3 is 2.39 bits per heavy atom. The molecule has 0 aliphatic carbocycles. The lowest BCUT2D eigenvalue weighted by atomic mass is 10.1. The number of hydrogen-bond acceptors (Lipinski definition) is 6. The van der Waals surface area contributed by atoms with E-state index in [0.29, 0.717) is 31.5 Å². The topological polar surface area (TPSA) is 139 Å². The number of unbranched alkanes of at least 4 members (excludes halogenated alkanes) is 1. The van der Waals surface area contributed by atoms with Crippen LogP contribution in [0.15, 0.2) is 12.2 Å². The Labute approximate surface area is 103 Å². The molecule has 18 heavy (non-hydrogen) atoms. The molecule has 8 heteroatoms. The molecule has 0 fully saturated rings. The van der Waals surface area contributed by atoms with Crippen LogP contribution in [0.25, 0.3) is 0 Å². The van der Waals surface area contributed by atoms with Gasteiger partial charge in [-0.3, -0.25) is 4.79 Å². The number of carboxylic acids is 2. The Balaban J connectivity index is 4.06. The van der Waals surface area contributed by atoms with E-state index in [0.717, 1.165) is 0 Å². The zero-order valence-electron chi connectivity index (χ0n) is 9.67. The third kappa shape index (κ3) is 8.25. The maximum atomic E-state index is 11.0. The maximum absolute atomic E-state index is 11.0. The van der Waals surface area contributed by atoms with Gasteiger partial charge in [0.25, 0.3) is 0 Å². The van der Waals surface area contributed by atoms with Gasteiger partial charge in [0.2, 0.25) is 0 Å². The number of hydrogen-bond donors (Lipinski definition) is 4. The summed E-state index contributed by atoms with van der Waals surface area (Å²) in [6, 6.07) is -1.04. The summed E-state index contributed by atoms with van der Waals surface area (Å²) in [7, 11) is 0. The molecule has 0 heterocycles. The number of hydroxylamine groups is 1. The first-order chi connectivity index (χ1) is 8.47. The average Bonchev–Trinajstić information content (AvgIpc) is 2.30. The largest absolute Gasteiger partial charge is 0.480 e. The molecule has 0 spiro atoms. The highest BCUT2D eigenvalue weighted by Crippen LogP contribution is 2.00. The Bertz CT molecular complexity index is 328. The number of nitrogens with one attached hydrogen (secondary N) is 1. The monoisotopic (exact) mass is 260 g/mol. The summed E-state index contributed by atoms with van der Waals surface area (Å²) in [6.45, 7) is 0.452. The fourth-order valence-corrected chi connectivity index (χ4v) is 1.03. The maximum Gasteiger partial charge on any atom is 0.349 e. The van der Waals surface area contributed by atoms with Crippen molar-refractivity contribution < 1.29 is 29.4 Å². The summed E-state index contributed by atoms with van der Waals surface area (Å²) in [4.78, 5) is 36.2. The van der Waals surface area contributed by atoms with Gasteiger partial charge < -0.3 is 20.8 Å². The Hall–Kier alpha value is -1.93. The van der Waals surface area contributed by atoms with Gasteiger partial charge in [-0.2, -0.15) is 0 Å². The molecule has 0 amide bonds. The average molecular weight is 260 g/mol. The van der Waals surface area contributed by atoms with Crippen LogP contribution in [0.2, 0.25) is 0 Å². The lowest BCUT2D eigenvalue weighted by Gasteiger charge is -2.12. The van der Waals surface area contributed by atoms with E-state index in [1.807, 2.05) is 0 Å². The molecule has 8 nitrogen and oxygen atoms in total. The van der Waals surface area contributed by atoms with Crippen LogP contribution < -0.4 is 11.2 Å². The molecule has 0 radical (unpaired) electrons. The van der Waals surface area contributed by atoms with E-state index in [-0.39, 0.29) is 6.42 Å². The molecule has 0 saturated carbocycles. The molecular formula is C10H16N2O6. The molecular weight excluding hydrogens is 244 g/mol. The standard InChI is InChI=1S/C10H16N2O6/c11-6-2-1-3-7(10(16)17)12-18-9(15)5-4-8(13)14/h4-5,7,12H,1-3,6,11H2,(H,13,14)(H,16,17)/b5-4-/t7-/m0/s1. The summed E-state index contributed by atoms with van der Waals surface area (Å²) in [5.41, 5.74) is 7.33. The fourth-order valence-electron chi connectivity index (χ4n) is 1.03. The van der Waals surface area contributed by atoms with E-state index >= 15 is 0 Å². The van der Waals surface area contributed by atoms with Crippen LogP contribution in [-0.4, -0.2) is 40.7 Å². The summed E-state index contributed by atoms with van der Waals surface area (Å²) >= 11 is 0. The molecule has 0 saturated heterocycles. The van der Waals surface area contributed by atoms with Gasteiger partial charge in [-0.1, -0.05) is 0 Å². The number of carbonyl (C=O) groups is 3. The Kier molecular flexibility index (Phi) is 8.16. The molecule has 1 atom stereocenters. The van der Waals surface area contributed by atoms with E-state index in [1.54, 1.807) is 0 Å².